The molecule has 4 rings (SSSR count). The Balaban J connectivity index is 1.35. The third-order valence-corrected chi connectivity index (χ3v) is 7.36. The van der Waals surface area contributed by atoms with E-state index < -0.39 is 0 Å². The molecule has 32 heavy (non-hydrogen) atoms. The van der Waals surface area contributed by atoms with Crippen LogP contribution in [0.2, 0.25) is 0 Å². The molecule has 1 fully saturated rings. The number of benzene rings is 1. The van der Waals surface area contributed by atoms with Gasteiger partial charge in [0.1, 0.15) is 0 Å². The summed E-state index contributed by atoms with van der Waals surface area (Å²) in [6.45, 7) is 3.32. The van der Waals surface area contributed by atoms with Gasteiger partial charge in [0.05, 0.1) is 6.10 Å². The van der Waals surface area contributed by atoms with Crippen LogP contribution in [0.1, 0.15) is 41.7 Å². The van der Waals surface area contributed by atoms with Crippen molar-refractivity contribution in [1.82, 2.24) is 9.80 Å². The van der Waals surface area contributed by atoms with Gasteiger partial charge in [0, 0.05) is 70.3 Å². The van der Waals surface area contributed by atoms with Gasteiger partial charge in [-0.15, -0.1) is 11.3 Å². The SMILES string of the molecule is CN(C)c1ccc(CN(CC2CCCO2)C(=O)CCC(=O)N2CCc3sccc3C2)cc1. The number of carbonyl (C=O) groups is 2. The summed E-state index contributed by atoms with van der Waals surface area (Å²) >= 11 is 1.77. The largest absolute Gasteiger partial charge is 0.378 e. The quantitative estimate of drug-likeness (QED) is 0.609. The van der Waals surface area contributed by atoms with Gasteiger partial charge in [0.2, 0.25) is 11.8 Å². The van der Waals surface area contributed by atoms with E-state index in [4.69, 9.17) is 4.74 Å². The second-order valence-corrected chi connectivity index (χ2v) is 9.91. The van der Waals surface area contributed by atoms with E-state index in [1.54, 1.807) is 11.3 Å². The van der Waals surface area contributed by atoms with Crippen molar-refractivity contribution in [2.24, 2.45) is 0 Å². The van der Waals surface area contributed by atoms with Gasteiger partial charge in [0.25, 0.3) is 0 Å². The lowest BCUT2D eigenvalue weighted by Gasteiger charge is -2.28. The van der Waals surface area contributed by atoms with Crippen molar-refractivity contribution in [2.75, 3.05) is 38.7 Å². The third kappa shape index (κ3) is 5.70. The monoisotopic (exact) mass is 455 g/mol. The van der Waals surface area contributed by atoms with E-state index in [1.165, 1.54) is 10.4 Å². The summed E-state index contributed by atoms with van der Waals surface area (Å²) in [4.78, 5) is 33.2. The molecule has 0 radical (unpaired) electrons. The Morgan fingerprint density at radius 1 is 1.16 bits per heavy atom. The summed E-state index contributed by atoms with van der Waals surface area (Å²) in [6, 6.07) is 10.4. The van der Waals surface area contributed by atoms with Crippen molar-refractivity contribution < 1.29 is 14.3 Å². The number of ether oxygens (including phenoxy) is 1. The summed E-state index contributed by atoms with van der Waals surface area (Å²) in [7, 11) is 4.03. The zero-order valence-electron chi connectivity index (χ0n) is 19.1. The smallest absolute Gasteiger partial charge is 0.223 e. The van der Waals surface area contributed by atoms with E-state index in [-0.39, 0.29) is 30.8 Å². The highest BCUT2D eigenvalue weighted by molar-refractivity contribution is 7.10. The van der Waals surface area contributed by atoms with Crippen molar-refractivity contribution in [1.29, 1.82) is 0 Å². The number of fused-ring (bicyclic) bond motifs is 1. The molecule has 0 bridgehead atoms. The Morgan fingerprint density at radius 2 is 1.97 bits per heavy atom. The van der Waals surface area contributed by atoms with Crippen LogP contribution >= 0.6 is 11.3 Å². The first-order valence-corrected chi connectivity index (χ1v) is 12.4. The molecular weight excluding hydrogens is 422 g/mol. The van der Waals surface area contributed by atoms with Crippen molar-refractivity contribution in [3.8, 4) is 0 Å². The van der Waals surface area contributed by atoms with E-state index in [1.807, 2.05) is 23.9 Å². The van der Waals surface area contributed by atoms with Crippen LogP contribution in [0.3, 0.4) is 0 Å². The van der Waals surface area contributed by atoms with E-state index in [0.717, 1.165) is 43.7 Å². The molecule has 2 aliphatic rings. The van der Waals surface area contributed by atoms with Crippen molar-refractivity contribution in [3.63, 3.8) is 0 Å². The fourth-order valence-corrected chi connectivity index (χ4v) is 5.29. The molecule has 1 aromatic heterocycles. The minimum Gasteiger partial charge on any atom is -0.378 e. The number of amides is 2. The topological polar surface area (TPSA) is 53.1 Å². The van der Waals surface area contributed by atoms with Crippen LogP contribution in [-0.4, -0.2) is 61.5 Å². The zero-order valence-corrected chi connectivity index (χ0v) is 19.9. The molecule has 0 saturated carbocycles. The van der Waals surface area contributed by atoms with Gasteiger partial charge < -0.3 is 19.4 Å². The lowest BCUT2D eigenvalue weighted by molar-refractivity contribution is -0.138. The highest BCUT2D eigenvalue weighted by atomic mass is 32.1. The number of hydrogen-bond acceptors (Lipinski definition) is 5. The van der Waals surface area contributed by atoms with Gasteiger partial charge in [0.15, 0.2) is 0 Å². The number of nitrogens with zero attached hydrogens (tertiary/aromatic N) is 3. The van der Waals surface area contributed by atoms with Gasteiger partial charge >= 0.3 is 0 Å². The third-order valence-electron chi connectivity index (χ3n) is 6.34. The molecule has 6 nitrogen and oxygen atoms in total. The summed E-state index contributed by atoms with van der Waals surface area (Å²) in [5.74, 6) is 0.0985. The maximum Gasteiger partial charge on any atom is 0.223 e. The van der Waals surface area contributed by atoms with Gasteiger partial charge in [-0.3, -0.25) is 9.59 Å². The Bertz CT molecular complexity index is 919. The first kappa shape index (κ1) is 22.8. The summed E-state index contributed by atoms with van der Waals surface area (Å²) in [5.41, 5.74) is 3.48. The van der Waals surface area contributed by atoms with Crippen LogP contribution in [0.15, 0.2) is 35.7 Å². The molecule has 172 valence electrons. The predicted molar refractivity (Wildman–Crippen MR) is 128 cm³/mol. The minimum atomic E-state index is 0.0266. The normalized spacial score (nSPS) is 17.8. The van der Waals surface area contributed by atoms with E-state index in [2.05, 4.69) is 40.6 Å². The fraction of sp³-hybridized carbons (Fsp3) is 0.520. The van der Waals surface area contributed by atoms with Crippen LogP contribution in [-0.2, 0) is 33.8 Å². The Kier molecular flexibility index (Phi) is 7.48. The molecule has 7 heteroatoms. The van der Waals surface area contributed by atoms with Crippen molar-refractivity contribution in [3.05, 3.63) is 51.7 Å². The van der Waals surface area contributed by atoms with Gasteiger partial charge in [-0.25, -0.2) is 0 Å². The average Bonchev–Trinajstić information content (AvgIpc) is 3.48. The highest BCUT2D eigenvalue weighted by Crippen LogP contribution is 2.25. The van der Waals surface area contributed by atoms with E-state index in [9.17, 15) is 9.59 Å². The highest BCUT2D eigenvalue weighted by Gasteiger charge is 2.25. The minimum absolute atomic E-state index is 0.0266. The number of anilines is 1. The Morgan fingerprint density at radius 3 is 2.69 bits per heavy atom. The molecular formula is C25H33N3O3S. The number of hydrogen-bond donors (Lipinski definition) is 0. The molecule has 0 spiro atoms. The van der Waals surface area contributed by atoms with Crippen molar-refractivity contribution >= 4 is 28.8 Å². The van der Waals surface area contributed by atoms with Crippen molar-refractivity contribution in [2.45, 2.75) is 51.3 Å². The zero-order chi connectivity index (χ0) is 22.5. The maximum atomic E-state index is 13.1. The molecule has 2 aromatic rings. The van der Waals surface area contributed by atoms with E-state index in [0.29, 0.717) is 19.6 Å². The molecule has 0 N–H and O–H groups in total. The van der Waals surface area contributed by atoms with Gasteiger partial charge in [-0.2, -0.15) is 0 Å². The summed E-state index contributed by atoms with van der Waals surface area (Å²) < 4.78 is 5.79. The molecule has 2 amide bonds. The summed E-state index contributed by atoms with van der Waals surface area (Å²) in [5, 5.41) is 2.09. The lowest BCUT2D eigenvalue weighted by Crippen LogP contribution is -2.39. The molecule has 1 saturated heterocycles. The molecule has 0 aliphatic carbocycles. The fourth-order valence-electron chi connectivity index (χ4n) is 4.40. The number of rotatable bonds is 8. The van der Waals surface area contributed by atoms with E-state index >= 15 is 0 Å². The van der Waals surface area contributed by atoms with Crippen LogP contribution in [0, 0.1) is 0 Å². The Labute approximate surface area is 194 Å². The molecule has 1 unspecified atom stereocenters. The maximum absolute atomic E-state index is 13.1. The molecule has 2 aliphatic heterocycles. The predicted octanol–water partition coefficient (Wildman–Crippen LogP) is 3.69. The van der Waals surface area contributed by atoms with Gasteiger partial charge in [-0.1, -0.05) is 12.1 Å². The van der Waals surface area contributed by atoms with Crippen LogP contribution in [0.25, 0.3) is 0 Å². The number of thiophene rings is 1. The standard InChI is InChI=1S/C25H33N3O3S/c1-26(2)21-7-5-19(6-8-21)16-28(18-22-4-3-14-31-22)25(30)10-9-24(29)27-13-11-23-20(17-27)12-15-32-23/h5-8,12,15,22H,3-4,9-11,13-14,16-18H2,1-2H3. The first-order chi connectivity index (χ1) is 15.5. The molecule has 3 heterocycles. The second-order valence-electron chi connectivity index (χ2n) is 8.90. The second kappa shape index (κ2) is 10.5. The van der Waals surface area contributed by atoms with Crippen LogP contribution in [0.4, 0.5) is 5.69 Å². The first-order valence-electron chi connectivity index (χ1n) is 11.5. The van der Waals surface area contributed by atoms with Gasteiger partial charge in [-0.05, 0) is 54.0 Å². The Hall–Kier alpha value is -2.38. The lowest BCUT2D eigenvalue weighted by atomic mass is 10.1. The summed E-state index contributed by atoms with van der Waals surface area (Å²) in [6.07, 6.45) is 3.55. The van der Waals surface area contributed by atoms with Crippen LogP contribution in [0.5, 0.6) is 0 Å². The average molecular weight is 456 g/mol. The van der Waals surface area contributed by atoms with Crippen LogP contribution < -0.4 is 4.90 Å². The molecule has 1 atom stereocenters. The molecule has 1 aromatic carbocycles. The number of carbonyl (C=O) groups excluding carboxylic acids is 2.